The summed E-state index contributed by atoms with van der Waals surface area (Å²) in [4.78, 5) is 13.0. The van der Waals surface area contributed by atoms with Gasteiger partial charge in [0, 0.05) is 68.0 Å². The van der Waals surface area contributed by atoms with Gasteiger partial charge in [-0.1, -0.05) is 6.07 Å². The Morgan fingerprint density at radius 1 is 1.29 bits per heavy atom. The first-order valence-corrected chi connectivity index (χ1v) is 10.6. The molecular formula is C22H28FN5O3. The SMILES string of the molecule is COc1ccc(CN2C[C@H]3O[C@]4(C2)CN(c2cc(C)nc(N)n2)C[C@@H]4[C@@H]3CO)c(F)c1. The van der Waals surface area contributed by atoms with Gasteiger partial charge in [-0.25, -0.2) is 9.37 Å². The number of aromatic nitrogens is 2. The molecule has 3 aliphatic heterocycles. The number of nitrogens with zero attached hydrogens (tertiary/aromatic N) is 4. The molecule has 3 saturated heterocycles. The first-order valence-electron chi connectivity index (χ1n) is 10.6. The van der Waals surface area contributed by atoms with Crippen molar-refractivity contribution >= 4 is 11.8 Å². The normalized spacial score (nSPS) is 29.9. The molecule has 3 N–H and O–H groups in total. The molecule has 31 heavy (non-hydrogen) atoms. The van der Waals surface area contributed by atoms with Crippen LogP contribution in [0.4, 0.5) is 16.2 Å². The molecule has 3 aliphatic rings. The second-order valence-electron chi connectivity index (χ2n) is 8.91. The molecule has 1 spiro atoms. The van der Waals surface area contributed by atoms with E-state index in [2.05, 4.69) is 19.8 Å². The van der Waals surface area contributed by atoms with Crippen LogP contribution in [-0.2, 0) is 11.3 Å². The first-order chi connectivity index (χ1) is 14.9. The summed E-state index contributed by atoms with van der Waals surface area (Å²) in [6.45, 7) is 5.19. The van der Waals surface area contributed by atoms with Crippen LogP contribution in [0.3, 0.4) is 0 Å². The summed E-state index contributed by atoms with van der Waals surface area (Å²) in [6.07, 6.45) is -0.0654. The molecule has 2 bridgehead atoms. The zero-order chi connectivity index (χ0) is 21.8. The largest absolute Gasteiger partial charge is 0.497 e. The van der Waals surface area contributed by atoms with Crippen molar-refractivity contribution in [2.75, 3.05) is 50.5 Å². The minimum absolute atomic E-state index is 0.0380. The smallest absolute Gasteiger partial charge is 0.222 e. The number of hydrogen-bond acceptors (Lipinski definition) is 8. The fraction of sp³-hybridized carbons (Fsp3) is 0.545. The fourth-order valence-corrected chi connectivity index (χ4v) is 5.58. The number of benzene rings is 1. The molecule has 9 heteroatoms. The van der Waals surface area contributed by atoms with Crippen LogP contribution in [0.5, 0.6) is 5.75 Å². The Hall–Kier alpha value is -2.49. The van der Waals surface area contributed by atoms with Gasteiger partial charge >= 0.3 is 0 Å². The van der Waals surface area contributed by atoms with E-state index in [-0.39, 0.29) is 36.3 Å². The minimum atomic E-state index is -0.424. The van der Waals surface area contributed by atoms with Crippen molar-refractivity contribution < 1.29 is 19.0 Å². The van der Waals surface area contributed by atoms with Crippen LogP contribution >= 0.6 is 0 Å². The number of nitrogen functional groups attached to an aromatic ring is 1. The van der Waals surface area contributed by atoms with E-state index in [1.807, 2.05) is 13.0 Å². The van der Waals surface area contributed by atoms with Crippen LogP contribution < -0.4 is 15.4 Å². The highest BCUT2D eigenvalue weighted by atomic mass is 19.1. The van der Waals surface area contributed by atoms with Crippen LogP contribution in [0.15, 0.2) is 24.3 Å². The summed E-state index contributed by atoms with van der Waals surface area (Å²) in [5.41, 5.74) is 6.89. The van der Waals surface area contributed by atoms with E-state index in [9.17, 15) is 9.50 Å². The van der Waals surface area contributed by atoms with Crippen molar-refractivity contribution in [1.29, 1.82) is 0 Å². The van der Waals surface area contributed by atoms with Crippen molar-refractivity contribution in [3.8, 4) is 5.75 Å². The molecule has 0 aliphatic carbocycles. The van der Waals surface area contributed by atoms with Crippen LogP contribution in [0.25, 0.3) is 0 Å². The predicted octanol–water partition coefficient (Wildman–Crippen LogP) is 1.21. The Bertz CT molecular complexity index is 971. The number of nitrogens with two attached hydrogens (primary N) is 1. The Kier molecular flexibility index (Phi) is 4.99. The lowest BCUT2D eigenvalue weighted by molar-refractivity contribution is -0.113. The molecule has 0 saturated carbocycles. The second kappa shape index (κ2) is 7.58. The van der Waals surface area contributed by atoms with Gasteiger partial charge in [0.25, 0.3) is 0 Å². The van der Waals surface area contributed by atoms with Gasteiger partial charge in [-0.2, -0.15) is 4.98 Å². The molecule has 8 nitrogen and oxygen atoms in total. The van der Waals surface area contributed by atoms with E-state index in [1.54, 1.807) is 12.1 Å². The average molecular weight is 429 g/mol. The average Bonchev–Trinajstić information content (AvgIpc) is 3.16. The highest BCUT2D eigenvalue weighted by Crippen LogP contribution is 2.50. The molecule has 166 valence electrons. The standard InChI is InChI=1S/C22H28FN5O3/c1-13-5-20(26-21(24)25-13)28-8-17-16(10-29)19-9-27(11-22(17,12-28)31-19)7-14-3-4-15(30-2)6-18(14)23/h3-6,16-17,19,29H,7-12H2,1-2H3,(H2,24,25,26)/t16-,17+,19+,22+/m0/s1. The summed E-state index contributed by atoms with van der Waals surface area (Å²) >= 11 is 0. The summed E-state index contributed by atoms with van der Waals surface area (Å²) in [5, 5.41) is 10.1. The topological polar surface area (TPSA) is 97.0 Å². The van der Waals surface area contributed by atoms with E-state index >= 15 is 0 Å². The maximum absolute atomic E-state index is 14.6. The lowest BCUT2D eigenvalue weighted by Crippen LogP contribution is -2.53. The number of rotatable bonds is 5. The highest BCUT2D eigenvalue weighted by Gasteiger charge is 2.62. The van der Waals surface area contributed by atoms with Gasteiger partial charge in [0.05, 0.1) is 19.8 Å². The molecule has 1 aromatic heterocycles. The molecule has 0 radical (unpaired) electrons. The summed E-state index contributed by atoms with van der Waals surface area (Å²) in [5.74, 6) is 1.48. The maximum atomic E-state index is 14.6. The molecule has 3 fully saturated rings. The molecule has 4 atom stereocenters. The third-order valence-corrected chi connectivity index (χ3v) is 6.91. The minimum Gasteiger partial charge on any atom is -0.497 e. The highest BCUT2D eigenvalue weighted by molar-refractivity contribution is 5.46. The third-order valence-electron chi connectivity index (χ3n) is 6.91. The maximum Gasteiger partial charge on any atom is 0.222 e. The van der Waals surface area contributed by atoms with E-state index < -0.39 is 5.60 Å². The summed E-state index contributed by atoms with van der Waals surface area (Å²) in [6, 6.07) is 6.90. The van der Waals surface area contributed by atoms with Crippen molar-refractivity contribution in [2.45, 2.75) is 25.2 Å². The van der Waals surface area contributed by atoms with Crippen molar-refractivity contribution in [1.82, 2.24) is 14.9 Å². The van der Waals surface area contributed by atoms with Crippen LogP contribution in [-0.4, -0.2) is 71.6 Å². The van der Waals surface area contributed by atoms with E-state index in [4.69, 9.17) is 15.2 Å². The lowest BCUT2D eigenvalue weighted by Gasteiger charge is -2.40. The number of anilines is 2. The predicted molar refractivity (Wildman–Crippen MR) is 113 cm³/mol. The van der Waals surface area contributed by atoms with Crippen LogP contribution in [0.2, 0.25) is 0 Å². The Labute approximate surface area is 180 Å². The van der Waals surface area contributed by atoms with E-state index in [1.165, 1.54) is 13.2 Å². The van der Waals surface area contributed by atoms with Crippen LogP contribution in [0, 0.1) is 24.6 Å². The van der Waals surface area contributed by atoms with Gasteiger partial charge in [-0.05, 0) is 13.0 Å². The molecule has 2 aromatic rings. The van der Waals surface area contributed by atoms with E-state index in [0.717, 1.165) is 18.1 Å². The number of aliphatic hydroxyl groups is 1. The molecule has 4 heterocycles. The fourth-order valence-electron chi connectivity index (χ4n) is 5.58. The Morgan fingerprint density at radius 2 is 2.13 bits per heavy atom. The van der Waals surface area contributed by atoms with Gasteiger partial charge in [-0.15, -0.1) is 0 Å². The van der Waals surface area contributed by atoms with Gasteiger partial charge < -0.3 is 25.2 Å². The zero-order valence-corrected chi connectivity index (χ0v) is 17.8. The summed E-state index contributed by atoms with van der Waals surface area (Å²) in [7, 11) is 1.53. The number of ether oxygens (including phenoxy) is 2. The van der Waals surface area contributed by atoms with Gasteiger partial charge in [0.15, 0.2) is 0 Å². The van der Waals surface area contributed by atoms with E-state index in [0.29, 0.717) is 37.5 Å². The summed E-state index contributed by atoms with van der Waals surface area (Å²) < 4.78 is 26.2. The molecule has 1 aromatic carbocycles. The lowest BCUT2D eigenvalue weighted by atomic mass is 9.83. The third kappa shape index (κ3) is 3.50. The quantitative estimate of drug-likeness (QED) is 0.732. The Balaban J connectivity index is 1.39. The van der Waals surface area contributed by atoms with Gasteiger partial charge in [0.2, 0.25) is 5.95 Å². The number of hydrogen-bond donors (Lipinski definition) is 2. The number of aliphatic hydroxyl groups excluding tert-OH is 1. The zero-order valence-electron chi connectivity index (χ0n) is 17.8. The Morgan fingerprint density at radius 3 is 2.84 bits per heavy atom. The number of morpholine rings is 1. The monoisotopic (exact) mass is 429 g/mol. The first kappa shape index (κ1) is 20.4. The second-order valence-corrected chi connectivity index (χ2v) is 8.91. The molecule has 0 amide bonds. The number of halogens is 1. The van der Waals surface area contributed by atoms with Crippen molar-refractivity contribution in [2.24, 2.45) is 11.8 Å². The number of likely N-dealkylation sites (tertiary alicyclic amines) is 1. The van der Waals surface area contributed by atoms with Gasteiger partial charge in [-0.3, -0.25) is 4.90 Å². The number of aryl methyl sites for hydroxylation is 1. The molecule has 0 unspecified atom stereocenters. The molecule has 5 rings (SSSR count). The van der Waals surface area contributed by atoms with Gasteiger partial charge in [0.1, 0.15) is 23.0 Å². The van der Waals surface area contributed by atoms with Crippen molar-refractivity contribution in [3.63, 3.8) is 0 Å². The number of methoxy groups -OCH3 is 1. The molecular weight excluding hydrogens is 401 g/mol. The number of fused-ring (bicyclic) bond motifs is 1. The van der Waals surface area contributed by atoms with Crippen molar-refractivity contribution in [3.05, 3.63) is 41.3 Å². The van der Waals surface area contributed by atoms with Crippen LogP contribution in [0.1, 0.15) is 11.3 Å².